The number of hydrogen-bond acceptors (Lipinski definition) is 5. The standard InChI is InChI=1S/C23H28INO5/c1-23(2,3)30-22(27)25-13-12-17-6-11-21(20(24)16-17)29-19-9-7-18(8-10-19)28-15-5-4-14-26/h6-11,14,16H,4-5,12-13,15H2,1-3H3,(H,25,27). The lowest BCUT2D eigenvalue weighted by atomic mass is 10.1. The second kappa shape index (κ2) is 11.8. The van der Waals surface area contributed by atoms with E-state index in [0.29, 0.717) is 38.2 Å². The van der Waals surface area contributed by atoms with Crippen molar-refractivity contribution < 1.29 is 23.8 Å². The fraction of sp³-hybridized carbons (Fsp3) is 0.391. The highest BCUT2D eigenvalue weighted by Gasteiger charge is 2.15. The van der Waals surface area contributed by atoms with Crippen molar-refractivity contribution in [1.82, 2.24) is 5.32 Å². The summed E-state index contributed by atoms with van der Waals surface area (Å²) in [5.41, 5.74) is 0.598. The molecule has 0 saturated heterocycles. The Kier molecular flexibility index (Phi) is 9.42. The van der Waals surface area contributed by atoms with Crippen LogP contribution >= 0.6 is 22.6 Å². The lowest BCUT2D eigenvalue weighted by molar-refractivity contribution is -0.108. The van der Waals surface area contributed by atoms with Gasteiger partial charge in [0.15, 0.2) is 0 Å². The molecule has 0 aliphatic heterocycles. The van der Waals surface area contributed by atoms with Crippen molar-refractivity contribution in [2.24, 2.45) is 0 Å². The zero-order chi connectivity index (χ0) is 22.0. The molecule has 7 heteroatoms. The van der Waals surface area contributed by atoms with Crippen LogP contribution in [0.3, 0.4) is 0 Å². The molecule has 0 fully saturated rings. The Bertz CT molecular complexity index is 830. The molecule has 0 aliphatic rings. The van der Waals surface area contributed by atoms with Crippen molar-refractivity contribution >= 4 is 35.0 Å². The number of carbonyl (C=O) groups is 2. The Morgan fingerprint density at radius 1 is 1.10 bits per heavy atom. The first-order valence-electron chi connectivity index (χ1n) is 9.86. The van der Waals surface area contributed by atoms with Crippen molar-refractivity contribution in [3.05, 3.63) is 51.6 Å². The molecule has 0 atom stereocenters. The zero-order valence-electron chi connectivity index (χ0n) is 17.6. The minimum atomic E-state index is -0.501. The lowest BCUT2D eigenvalue weighted by Crippen LogP contribution is -2.33. The maximum Gasteiger partial charge on any atom is 0.407 e. The Hall–Kier alpha value is -2.29. The fourth-order valence-corrected chi connectivity index (χ4v) is 3.18. The highest BCUT2D eigenvalue weighted by atomic mass is 127. The Morgan fingerprint density at radius 2 is 1.80 bits per heavy atom. The van der Waals surface area contributed by atoms with E-state index >= 15 is 0 Å². The molecule has 0 aromatic heterocycles. The molecule has 0 bridgehead atoms. The van der Waals surface area contributed by atoms with Gasteiger partial charge in [0, 0.05) is 13.0 Å². The van der Waals surface area contributed by atoms with Gasteiger partial charge in [0.05, 0.1) is 10.2 Å². The first-order chi connectivity index (χ1) is 14.3. The third kappa shape index (κ3) is 9.02. The van der Waals surface area contributed by atoms with Gasteiger partial charge in [-0.25, -0.2) is 4.79 Å². The van der Waals surface area contributed by atoms with E-state index in [1.807, 2.05) is 63.2 Å². The summed E-state index contributed by atoms with van der Waals surface area (Å²) in [7, 11) is 0. The zero-order valence-corrected chi connectivity index (χ0v) is 19.7. The first kappa shape index (κ1) is 24.0. The molecule has 162 valence electrons. The normalized spacial score (nSPS) is 10.9. The summed E-state index contributed by atoms with van der Waals surface area (Å²) in [6, 6.07) is 13.3. The molecule has 0 heterocycles. The topological polar surface area (TPSA) is 73.9 Å². The van der Waals surface area contributed by atoms with Crippen LogP contribution in [0, 0.1) is 3.57 Å². The van der Waals surface area contributed by atoms with Crippen molar-refractivity contribution in [2.45, 2.75) is 45.6 Å². The van der Waals surface area contributed by atoms with Crippen LogP contribution in [0.5, 0.6) is 17.2 Å². The Morgan fingerprint density at radius 3 is 2.43 bits per heavy atom. The van der Waals surface area contributed by atoms with Crippen LogP contribution in [0.1, 0.15) is 39.2 Å². The van der Waals surface area contributed by atoms with Gasteiger partial charge in [-0.05, 0) is 98.2 Å². The molecule has 0 radical (unpaired) electrons. The van der Waals surface area contributed by atoms with Crippen LogP contribution in [-0.2, 0) is 16.0 Å². The molecule has 6 nitrogen and oxygen atoms in total. The average Bonchev–Trinajstić information content (AvgIpc) is 2.67. The molecule has 1 amide bonds. The predicted molar refractivity (Wildman–Crippen MR) is 124 cm³/mol. The van der Waals surface area contributed by atoms with Crippen molar-refractivity contribution in [2.75, 3.05) is 13.2 Å². The van der Waals surface area contributed by atoms with Gasteiger partial charge in [-0.15, -0.1) is 0 Å². The molecule has 0 unspecified atom stereocenters. The SMILES string of the molecule is CC(C)(C)OC(=O)NCCc1ccc(Oc2ccc(OCCCC=O)cc2)c(I)c1. The van der Waals surface area contributed by atoms with Crippen LogP contribution in [0.2, 0.25) is 0 Å². The van der Waals surface area contributed by atoms with E-state index in [9.17, 15) is 9.59 Å². The third-order valence-electron chi connectivity index (χ3n) is 3.86. The number of aldehydes is 1. The maximum absolute atomic E-state index is 11.7. The van der Waals surface area contributed by atoms with E-state index in [1.54, 1.807) is 0 Å². The number of alkyl carbamates (subject to hydrolysis) is 1. The minimum absolute atomic E-state index is 0.409. The smallest absolute Gasteiger partial charge is 0.407 e. The molecule has 2 rings (SSSR count). The van der Waals surface area contributed by atoms with Crippen molar-refractivity contribution in [3.8, 4) is 17.2 Å². The number of ether oxygens (including phenoxy) is 3. The summed E-state index contributed by atoms with van der Waals surface area (Å²) in [6.07, 6.45) is 2.40. The van der Waals surface area contributed by atoms with E-state index in [0.717, 1.165) is 26.9 Å². The third-order valence-corrected chi connectivity index (χ3v) is 4.71. The van der Waals surface area contributed by atoms with Gasteiger partial charge in [-0.2, -0.15) is 0 Å². The number of rotatable bonds is 10. The number of hydrogen-bond donors (Lipinski definition) is 1. The molecule has 30 heavy (non-hydrogen) atoms. The van der Waals surface area contributed by atoms with Crippen molar-refractivity contribution in [3.63, 3.8) is 0 Å². The van der Waals surface area contributed by atoms with Gasteiger partial charge >= 0.3 is 6.09 Å². The van der Waals surface area contributed by atoms with Crippen molar-refractivity contribution in [1.29, 1.82) is 0 Å². The molecule has 2 aromatic rings. The average molecular weight is 525 g/mol. The first-order valence-corrected chi connectivity index (χ1v) is 10.9. The summed E-state index contributed by atoms with van der Waals surface area (Å²) in [4.78, 5) is 22.0. The predicted octanol–water partition coefficient (Wildman–Crippen LogP) is 5.51. The van der Waals surface area contributed by atoms with Crippen LogP contribution < -0.4 is 14.8 Å². The summed E-state index contributed by atoms with van der Waals surface area (Å²) in [5.74, 6) is 2.22. The Balaban J connectivity index is 1.83. The van der Waals surface area contributed by atoms with Gasteiger partial charge in [0.25, 0.3) is 0 Å². The van der Waals surface area contributed by atoms with E-state index in [1.165, 1.54) is 0 Å². The second-order valence-electron chi connectivity index (χ2n) is 7.67. The Labute approximate surface area is 191 Å². The van der Waals surface area contributed by atoms with Gasteiger partial charge in [0.2, 0.25) is 0 Å². The number of amides is 1. The van der Waals surface area contributed by atoms with E-state index < -0.39 is 11.7 Å². The molecule has 0 saturated carbocycles. The number of benzene rings is 2. The lowest BCUT2D eigenvalue weighted by Gasteiger charge is -2.19. The van der Waals surface area contributed by atoms with Gasteiger partial charge in [0.1, 0.15) is 29.1 Å². The maximum atomic E-state index is 11.7. The molecule has 0 aliphatic carbocycles. The van der Waals surface area contributed by atoms with E-state index in [2.05, 4.69) is 27.9 Å². The monoisotopic (exact) mass is 525 g/mol. The number of halogens is 1. The molecular formula is C23H28INO5. The summed E-state index contributed by atoms with van der Waals surface area (Å²) < 4.78 is 17.8. The summed E-state index contributed by atoms with van der Waals surface area (Å²) in [5, 5.41) is 2.76. The van der Waals surface area contributed by atoms with Gasteiger partial charge in [-0.1, -0.05) is 6.07 Å². The number of carbonyl (C=O) groups excluding carboxylic acids is 2. The minimum Gasteiger partial charge on any atom is -0.494 e. The largest absolute Gasteiger partial charge is 0.494 e. The van der Waals surface area contributed by atoms with E-state index in [-0.39, 0.29) is 0 Å². The number of nitrogens with one attached hydrogen (secondary N) is 1. The number of unbranched alkanes of at least 4 members (excludes halogenated alkanes) is 1. The fourth-order valence-electron chi connectivity index (χ4n) is 2.49. The highest BCUT2D eigenvalue weighted by molar-refractivity contribution is 14.1. The highest BCUT2D eigenvalue weighted by Crippen LogP contribution is 2.29. The van der Waals surface area contributed by atoms with Crippen LogP contribution in [0.25, 0.3) is 0 Å². The van der Waals surface area contributed by atoms with Gasteiger partial charge in [-0.3, -0.25) is 0 Å². The van der Waals surface area contributed by atoms with Crippen LogP contribution in [0.15, 0.2) is 42.5 Å². The van der Waals surface area contributed by atoms with Gasteiger partial charge < -0.3 is 24.3 Å². The molecular weight excluding hydrogens is 497 g/mol. The van der Waals surface area contributed by atoms with Crippen LogP contribution in [-0.4, -0.2) is 31.1 Å². The van der Waals surface area contributed by atoms with Crippen LogP contribution in [0.4, 0.5) is 4.79 Å². The molecule has 2 aromatic carbocycles. The van der Waals surface area contributed by atoms with E-state index in [4.69, 9.17) is 14.2 Å². The summed E-state index contributed by atoms with van der Waals surface area (Å²) >= 11 is 2.24. The second-order valence-corrected chi connectivity index (χ2v) is 8.84. The molecule has 1 N–H and O–H groups in total. The summed E-state index contributed by atoms with van der Waals surface area (Å²) in [6.45, 7) is 6.53. The molecule has 0 spiro atoms. The quantitative estimate of drug-likeness (QED) is 0.252.